The number of aryl methyl sites for hydroxylation is 2. The summed E-state index contributed by atoms with van der Waals surface area (Å²) < 4.78 is 16.5. The Kier molecular flexibility index (Phi) is 6.22. The van der Waals surface area contributed by atoms with Crippen LogP contribution < -0.4 is 10.2 Å². The van der Waals surface area contributed by atoms with E-state index in [4.69, 9.17) is 14.2 Å². The lowest BCUT2D eigenvalue weighted by Crippen LogP contribution is -2.45. The third-order valence-electron chi connectivity index (χ3n) is 6.49. The Labute approximate surface area is 188 Å². The van der Waals surface area contributed by atoms with Gasteiger partial charge in [-0.15, -0.1) is 0 Å². The molecule has 1 N–H and O–H groups in total. The summed E-state index contributed by atoms with van der Waals surface area (Å²) in [5.74, 6) is -1.05. The third-order valence-corrected chi connectivity index (χ3v) is 6.49. The summed E-state index contributed by atoms with van der Waals surface area (Å²) in [6.45, 7) is 8.58. The first-order valence-electron chi connectivity index (χ1n) is 11.0. The first-order chi connectivity index (χ1) is 15.3. The molecule has 0 unspecified atom stereocenters. The molecule has 0 radical (unpaired) electrons. The van der Waals surface area contributed by atoms with E-state index in [0.29, 0.717) is 35.6 Å². The number of amides is 1. The first kappa shape index (κ1) is 22.3. The van der Waals surface area contributed by atoms with Gasteiger partial charge < -0.3 is 24.4 Å². The molecule has 2 aromatic carbocycles. The largest absolute Gasteiger partial charge is 0.465 e. The van der Waals surface area contributed by atoms with Crippen molar-refractivity contribution in [2.24, 2.45) is 0 Å². The highest BCUT2D eigenvalue weighted by molar-refractivity contribution is 6.07. The number of ether oxygens (including phenoxy) is 3. The summed E-state index contributed by atoms with van der Waals surface area (Å²) in [7, 11) is 1.35. The minimum Gasteiger partial charge on any atom is -0.465 e. The molecule has 170 valence electrons. The maximum absolute atomic E-state index is 13.2. The van der Waals surface area contributed by atoms with Crippen LogP contribution >= 0.6 is 0 Å². The number of rotatable bonds is 4. The zero-order valence-electron chi connectivity index (χ0n) is 19.1. The minimum absolute atomic E-state index is 0.200. The molecule has 4 rings (SSSR count). The van der Waals surface area contributed by atoms with E-state index in [1.165, 1.54) is 7.11 Å². The van der Waals surface area contributed by atoms with Gasteiger partial charge in [-0.2, -0.15) is 0 Å². The highest BCUT2D eigenvalue weighted by atomic mass is 16.7. The number of hydrogen-bond acceptors (Lipinski definition) is 6. The molecule has 1 amide bonds. The molecular formula is C25H30N2O5. The molecular weight excluding hydrogens is 408 g/mol. The van der Waals surface area contributed by atoms with Crippen molar-refractivity contribution in [3.05, 3.63) is 58.1 Å². The number of nitrogens with one attached hydrogen (secondary N) is 1. The summed E-state index contributed by atoms with van der Waals surface area (Å²) in [6.07, 6.45) is 1.61. The predicted octanol–water partition coefficient (Wildman–Crippen LogP) is 3.99. The van der Waals surface area contributed by atoms with E-state index >= 15 is 0 Å². The van der Waals surface area contributed by atoms with Crippen molar-refractivity contribution in [3.63, 3.8) is 0 Å². The third kappa shape index (κ3) is 4.23. The Bertz CT molecular complexity index is 1030. The minimum atomic E-state index is -0.429. The van der Waals surface area contributed by atoms with Crippen molar-refractivity contribution < 1.29 is 23.8 Å². The van der Waals surface area contributed by atoms with Gasteiger partial charge in [0.1, 0.15) is 0 Å². The van der Waals surface area contributed by atoms with E-state index in [1.54, 1.807) is 6.07 Å². The van der Waals surface area contributed by atoms with Gasteiger partial charge in [0.05, 0.1) is 25.9 Å². The molecule has 2 aromatic rings. The summed E-state index contributed by atoms with van der Waals surface area (Å²) in [6, 6.07) is 9.50. The topological polar surface area (TPSA) is 77.1 Å². The predicted molar refractivity (Wildman–Crippen MR) is 122 cm³/mol. The number of carbonyl (C=O) groups is 2. The molecule has 7 nitrogen and oxygen atoms in total. The molecule has 0 saturated carbocycles. The maximum atomic E-state index is 13.2. The number of anilines is 2. The summed E-state index contributed by atoms with van der Waals surface area (Å²) >= 11 is 0. The van der Waals surface area contributed by atoms with Crippen molar-refractivity contribution >= 4 is 23.3 Å². The smallest absolute Gasteiger partial charge is 0.338 e. The Balaban J connectivity index is 1.54. The number of piperidine rings is 1. The second-order valence-electron chi connectivity index (χ2n) is 8.47. The normalized spacial score (nSPS) is 17.4. The Morgan fingerprint density at radius 3 is 2.28 bits per heavy atom. The molecule has 0 bridgehead atoms. The zero-order valence-corrected chi connectivity index (χ0v) is 19.1. The van der Waals surface area contributed by atoms with Crippen molar-refractivity contribution in [1.29, 1.82) is 0 Å². The van der Waals surface area contributed by atoms with Gasteiger partial charge in [-0.1, -0.05) is 12.1 Å². The van der Waals surface area contributed by atoms with Crippen LogP contribution in [0.5, 0.6) is 0 Å². The molecule has 32 heavy (non-hydrogen) atoms. The van der Waals surface area contributed by atoms with Gasteiger partial charge in [0.25, 0.3) is 5.91 Å². The molecule has 0 atom stereocenters. The van der Waals surface area contributed by atoms with Crippen LogP contribution in [0.4, 0.5) is 11.4 Å². The SMILES string of the molecule is COC(=O)c1ccc(C)c(NC(=O)c2cc(N3CCC4(CC3)OCCO4)ccc2C)c1C. The van der Waals surface area contributed by atoms with Gasteiger partial charge in [-0.05, 0) is 55.7 Å². The molecule has 2 aliphatic heterocycles. The molecule has 2 fully saturated rings. The Morgan fingerprint density at radius 1 is 0.969 bits per heavy atom. The van der Waals surface area contributed by atoms with Gasteiger partial charge >= 0.3 is 5.97 Å². The van der Waals surface area contributed by atoms with E-state index in [9.17, 15) is 9.59 Å². The Morgan fingerprint density at radius 2 is 1.62 bits per heavy atom. The van der Waals surface area contributed by atoms with Crippen LogP contribution in [-0.2, 0) is 14.2 Å². The Hall–Kier alpha value is -2.90. The number of methoxy groups -OCH3 is 1. The number of nitrogens with zero attached hydrogens (tertiary/aromatic N) is 1. The van der Waals surface area contributed by atoms with Gasteiger partial charge in [-0.3, -0.25) is 4.79 Å². The molecule has 2 saturated heterocycles. The van der Waals surface area contributed by atoms with Crippen molar-refractivity contribution in [2.45, 2.75) is 39.4 Å². The summed E-state index contributed by atoms with van der Waals surface area (Å²) in [5, 5.41) is 3.02. The fraction of sp³-hybridized carbons (Fsp3) is 0.440. The lowest BCUT2D eigenvalue weighted by Gasteiger charge is -2.38. The molecule has 0 aliphatic carbocycles. The van der Waals surface area contributed by atoms with Crippen molar-refractivity contribution in [3.8, 4) is 0 Å². The number of benzene rings is 2. The van der Waals surface area contributed by atoms with Gasteiger partial charge in [0, 0.05) is 42.9 Å². The van der Waals surface area contributed by atoms with Crippen LogP contribution in [0.25, 0.3) is 0 Å². The molecule has 2 aliphatic rings. The highest BCUT2D eigenvalue weighted by Crippen LogP contribution is 2.34. The quantitative estimate of drug-likeness (QED) is 0.728. The monoisotopic (exact) mass is 438 g/mol. The fourth-order valence-corrected chi connectivity index (χ4v) is 4.49. The van der Waals surface area contributed by atoms with E-state index in [1.807, 2.05) is 39.0 Å². The number of hydrogen-bond donors (Lipinski definition) is 1. The summed E-state index contributed by atoms with van der Waals surface area (Å²) in [4.78, 5) is 27.6. The zero-order chi connectivity index (χ0) is 22.9. The van der Waals surface area contributed by atoms with E-state index in [2.05, 4.69) is 16.3 Å². The second kappa shape index (κ2) is 8.92. The highest BCUT2D eigenvalue weighted by Gasteiger charge is 2.39. The van der Waals surface area contributed by atoms with Crippen LogP contribution in [0.15, 0.2) is 30.3 Å². The van der Waals surface area contributed by atoms with Crippen LogP contribution in [0, 0.1) is 20.8 Å². The van der Waals surface area contributed by atoms with Crippen LogP contribution in [0.1, 0.15) is 50.2 Å². The average molecular weight is 439 g/mol. The first-order valence-corrected chi connectivity index (χ1v) is 11.0. The summed E-state index contributed by atoms with van der Waals surface area (Å²) in [5.41, 5.74) is 5.16. The molecule has 1 spiro atoms. The van der Waals surface area contributed by atoms with Gasteiger partial charge in [0.2, 0.25) is 0 Å². The average Bonchev–Trinajstić information content (AvgIpc) is 3.25. The molecule has 0 aromatic heterocycles. The molecule has 2 heterocycles. The van der Waals surface area contributed by atoms with Crippen molar-refractivity contribution in [1.82, 2.24) is 0 Å². The van der Waals surface area contributed by atoms with E-state index < -0.39 is 11.8 Å². The number of esters is 1. The van der Waals surface area contributed by atoms with Gasteiger partial charge in [0.15, 0.2) is 5.79 Å². The standard InChI is InChI=1S/C25H30N2O5/c1-16-5-7-19(27-11-9-25(10-12-27)31-13-14-32-25)15-21(16)23(28)26-22-17(2)6-8-20(18(22)3)24(29)30-4/h5-8,15H,9-14H2,1-4H3,(H,26,28). The second-order valence-corrected chi connectivity index (χ2v) is 8.47. The van der Waals surface area contributed by atoms with Crippen LogP contribution in [0.2, 0.25) is 0 Å². The van der Waals surface area contributed by atoms with E-state index in [-0.39, 0.29) is 5.91 Å². The lowest BCUT2D eigenvalue weighted by atomic mass is 10.00. The number of carbonyl (C=O) groups excluding carboxylic acids is 2. The molecule has 7 heteroatoms. The van der Waals surface area contributed by atoms with Crippen LogP contribution in [-0.4, -0.2) is 51.1 Å². The fourth-order valence-electron chi connectivity index (χ4n) is 4.49. The lowest BCUT2D eigenvalue weighted by molar-refractivity contribution is -0.169. The van der Waals surface area contributed by atoms with Gasteiger partial charge in [-0.25, -0.2) is 4.79 Å². The van der Waals surface area contributed by atoms with Crippen LogP contribution in [0.3, 0.4) is 0 Å². The van der Waals surface area contributed by atoms with E-state index in [0.717, 1.165) is 42.7 Å². The van der Waals surface area contributed by atoms with Crippen molar-refractivity contribution in [2.75, 3.05) is 43.6 Å². The maximum Gasteiger partial charge on any atom is 0.338 e.